The SMILES string of the molecule is CCC(c1c(Cl)cnn1C)N1CCNCC1. The smallest absolute Gasteiger partial charge is 0.0834 e. The van der Waals surface area contributed by atoms with Crippen LogP contribution in [0.3, 0.4) is 0 Å². The second-order valence-corrected chi connectivity index (χ2v) is 4.62. The maximum absolute atomic E-state index is 6.21. The van der Waals surface area contributed by atoms with E-state index >= 15 is 0 Å². The first-order chi connectivity index (χ1) is 7.74. The molecule has 4 nitrogen and oxygen atoms in total. The molecule has 0 radical (unpaired) electrons. The Hall–Kier alpha value is -0.580. The van der Waals surface area contributed by atoms with Gasteiger partial charge in [0.1, 0.15) is 0 Å². The number of rotatable bonds is 3. The molecular weight excluding hydrogens is 224 g/mol. The molecule has 1 unspecified atom stereocenters. The van der Waals surface area contributed by atoms with Crippen LogP contribution < -0.4 is 5.32 Å². The zero-order chi connectivity index (χ0) is 11.5. The monoisotopic (exact) mass is 242 g/mol. The molecule has 5 heteroatoms. The highest BCUT2D eigenvalue weighted by Gasteiger charge is 2.25. The second kappa shape index (κ2) is 5.17. The molecule has 1 aromatic heterocycles. The predicted molar refractivity (Wildman–Crippen MR) is 65.7 cm³/mol. The van der Waals surface area contributed by atoms with E-state index in [4.69, 9.17) is 11.6 Å². The Bertz CT molecular complexity index is 324. The van der Waals surface area contributed by atoms with Gasteiger partial charge >= 0.3 is 0 Å². The van der Waals surface area contributed by atoms with Gasteiger partial charge < -0.3 is 5.32 Å². The Kier molecular flexibility index (Phi) is 3.84. The summed E-state index contributed by atoms with van der Waals surface area (Å²) in [6.45, 7) is 6.49. The van der Waals surface area contributed by atoms with Gasteiger partial charge in [-0.1, -0.05) is 18.5 Å². The fourth-order valence-electron chi connectivity index (χ4n) is 2.41. The molecule has 0 saturated carbocycles. The second-order valence-electron chi connectivity index (χ2n) is 4.21. The summed E-state index contributed by atoms with van der Waals surface area (Å²) in [5.74, 6) is 0. The standard InChI is InChI=1S/C11H19ClN4/c1-3-10(16-6-4-13-5-7-16)11-9(12)8-14-15(11)2/h8,10,13H,3-7H2,1-2H3. The van der Waals surface area contributed by atoms with Gasteiger partial charge in [-0.2, -0.15) is 5.10 Å². The molecule has 1 fully saturated rings. The summed E-state index contributed by atoms with van der Waals surface area (Å²) >= 11 is 6.21. The van der Waals surface area contributed by atoms with E-state index in [1.165, 1.54) is 0 Å². The summed E-state index contributed by atoms with van der Waals surface area (Å²) in [5, 5.41) is 8.38. The van der Waals surface area contributed by atoms with Gasteiger partial charge in [0, 0.05) is 33.2 Å². The molecule has 0 bridgehead atoms. The van der Waals surface area contributed by atoms with E-state index in [0.717, 1.165) is 43.3 Å². The van der Waals surface area contributed by atoms with Crippen LogP contribution in [0.5, 0.6) is 0 Å². The summed E-state index contributed by atoms with van der Waals surface area (Å²) < 4.78 is 1.90. The molecule has 1 aliphatic rings. The van der Waals surface area contributed by atoms with Crippen LogP contribution in [-0.2, 0) is 7.05 Å². The lowest BCUT2D eigenvalue weighted by molar-refractivity contribution is 0.163. The highest BCUT2D eigenvalue weighted by atomic mass is 35.5. The number of aryl methyl sites for hydroxylation is 1. The number of aromatic nitrogens is 2. The summed E-state index contributed by atoms with van der Waals surface area (Å²) in [6, 6.07) is 0.391. The number of halogens is 1. The van der Waals surface area contributed by atoms with Gasteiger partial charge in [-0.15, -0.1) is 0 Å². The largest absolute Gasteiger partial charge is 0.314 e. The van der Waals surface area contributed by atoms with E-state index in [2.05, 4.69) is 22.2 Å². The van der Waals surface area contributed by atoms with Crippen molar-refractivity contribution in [2.24, 2.45) is 7.05 Å². The first kappa shape index (κ1) is 11.9. The van der Waals surface area contributed by atoms with E-state index in [1.807, 2.05) is 11.7 Å². The zero-order valence-electron chi connectivity index (χ0n) is 9.91. The number of nitrogens with zero attached hydrogens (tertiary/aromatic N) is 3. The molecule has 0 aliphatic carbocycles. The van der Waals surface area contributed by atoms with Crippen LogP contribution in [0.4, 0.5) is 0 Å². The van der Waals surface area contributed by atoms with Crippen molar-refractivity contribution >= 4 is 11.6 Å². The van der Waals surface area contributed by atoms with Gasteiger partial charge in [-0.3, -0.25) is 9.58 Å². The van der Waals surface area contributed by atoms with Crippen molar-refractivity contribution in [3.8, 4) is 0 Å². The Labute approximate surface area is 102 Å². The lowest BCUT2D eigenvalue weighted by atomic mass is 10.1. The van der Waals surface area contributed by atoms with Gasteiger partial charge in [-0.25, -0.2) is 0 Å². The summed E-state index contributed by atoms with van der Waals surface area (Å²) in [6.07, 6.45) is 2.81. The van der Waals surface area contributed by atoms with E-state index in [-0.39, 0.29) is 0 Å². The molecule has 1 N–H and O–H groups in total. The van der Waals surface area contributed by atoms with Gasteiger partial charge in [0.2, 0.25) is 0 Å². The van der Waals surface area contributed by atoms with Crippen molar-refractivity contribution in [3.63, 3.8) is 0 Å². The van der Waals surface area contributed by atoms with Crippen molar-refractivity contribution in [2.45, 2.75) is 19.4 Å². The van der Waals surface area contributed by atoms with E-state index in [0.29, 0.717) is 6.04 Å². The molecule has 2 heterocycles. The quantitative estimate of drug-likeness (QED) is 0.871. The van der Waals surface area contributed by atoms with Crippen LogP contribution in [0.25, 0.3) is 0 Å². The number of hydrogen-bond acceptors (Lipinski definition) is 3. The van der Waals surface area contributed by atoms with Crippen molar-refractivity contribution < 1.29 is 0 Å². The molecule has 0 amide bonds. The molecule has 1 atom stereocenters. The fourth-order valence-corrected chi connectivity index (χ4v) is 2.71. The molecule has 1 saturated heterocycles. The fraction of sp³-hybridized carbons (Fsp3) is 0.727. The van der Waals surface area contributed by atoms with Crippen LogP contribution in [0.2, 0.25) is 5.02 Å². The van der Waals surface area contributed by atoms with E-state index in [9.17, 15) is 0 Å². The average Bonchev–Trinajstić information content (AvgIpc) is 2.63. The lowest BCUT2D eigenvalue weighted by Crippen LogP contribution is -2.45. The van der Waals surface area contributed by atoms with Crippen LogP contribution in [0.15, 0.2) is 6.20 Å². The average molecular weight is 243 g/mol. The van der Waals surface area contributed by atoms with Crippen LogP contribution in [0.1, 0.15) is 25.1 Å². The van der Waals surface area contributed by atoms with E-state index < -0.39 is 0 Å². The summed E-state index contributed by atoms with van der Waals surface area (Å²) in [4.78, 5) is 2.49. The van der Waals surface area contributed by atoms with Gasteiger partial charge in [0.15, 0.2) is 0 Å². The first-order valence-electron chi connectivity index (χ1n) is 5.86. The number of hydrogen-bond donors (Lipinski definition) is 1. The van der Waals surface area contributed by atoms with Gasteiger partial charge in [-0.05, 0) is 6.42 Å². The maximum atomic E-state index is 6.21. The third-order valence-electron chi connectivity index (χ3n) is 3.23. The minimum Gasteiger partial charge on any atom is -0.314 e. The van der Waals surface area contributed by atoms with Crippen LogP contribution in [-0.4, -0.2) is 40.9 Å². The normalized spacial score (nSPS) is 19.9. The van der Waals surface area contributed by atoms with Crippen molar-refractivity contribution in [1.29, 1.82) is 0 Å². The molecule has 2 rings (SSSR count). The predicted octanol–water partition coefficient (Wildman–Crippen LogP) is 1.43. The summed E-state index contributed by atoms with van der Waals surface area (Å²) in [5.41, 5.74) is 1.14. The van der Waals surface area contributed by atoms with Gasteiger partial charge in [0.25, 0.3) is 0 Å². The van der Waals surface area contributed by atoms with Crippen LogP contribution in [0, 0.1) is 0 Å². The summed E-state index contributed by atoms with van der Waals surface area (Å²) in [7, 11) is 1.96. The van der Waals surface area contributed by atoms with Gasteiger partial charge in [0.05, 0.1) is 23.0 Å². The highest BCUT2D eigenvalue weighted by molar-refractivity contribution is 6.31. The van der Waals surface area contributed by atoms with Crippen molar-refractivity contribution in [3.05, 3.63) is 16.9 Å². The van der Waals surface area contributed by atoms with E-state index in [1.54, 1.807) is 6.20 Å². The number of nitrogens with one attached hydrogen (secondary N) is 1. The Morgan fingerprint density at radius 3 is 2.69 bits per heavy atom. The third-order valence-corrected chi connectivity index (χ3v) is 3.52. The first-order valence-corrected chi connectivity index (χ1v) is 6.24. The lowest BCUT2D eigenvalue weighted by Gasteiger charge is -2.34. The zero-order valence-corrected chi connectivity index (χ0v) is 10.7. The molecule has 1 aromatic rings. The maximum Gasteiger partial charge on any atom is 0.0834 e. The Balaban J connectivity index is 2.21. The van der Waals surface area contributed by atoms with Crippen molar-refractivity contribution in [2.75, 3.05) is 26.2 Å². The molecule has 1 aliphatic heterocycles. The van der Waals surface area contributed by atoms with Crippen molar-refractivity contribution in [1.82, 2.24) is 20.0 Å². The minimum absolute atomic E-state index is 0.391. The third kappa shape index (κ3) is 2.24. The molecule has 0 aromatic carbocycles. The highest BCUT2D eigenvalue weighted by Crippen LogP contribution is 2.29. The topological polar surface area (TPSA) is 33.1 Å². The minimum atomic E-state index is 0.391. The molecular formula is C11H19ClN4. The molecule has 16 heavy (non-hydrogen) atoms. The Morgan fingerprint density at radius 1 is 1.50 bits per heavy atom. The number of piperazine rings is 1. The van der Waals surface area contributed by atoms with Crippen LogP contribution >= 0.6 is 11.6 Å². The molecule has 90 valence electrons. The Morgan fingerprint density at radius 2 is 2.19 bits per heavy atom. The molecule has 0 spiro atoms.